The van der Waals surface area contributed by atoms with Crippen molar-refractivity contribution in [3.05, 3.63) is 107 Å². The summed E-state index contributed by atoms with van der Waals surface area (Å²) in [5.74, 6) is 0.672. The van der Waals surface area contributed by atoms with Crippen LogP contribution >= 0.6 is 0 Å². The second-order valence-corrected chi connectivity index (χ2v) is 8.55. The summed E-state index contributed by atoms with van der Waals surface area (Å²) in [6, 6.07) is 25.2. The van der Waals surface area contributed by atoms with Gasteiger partial charge in [-0.2, -0.15) is 10.4 Å². The summed E-state index contributed by atoms with van der Waals surface area (Å²) >= 11 is 0. The number of methoxy groups -OCH3 is 1. The fraction of sp³-hybridized carbons (Fsp3) is 0.207. The summed E-state index contributed by atoms with van der Waals surface area (Å²) in [7, 11) is 1.67. The molecule has 0 saturated carbocycles. The molecule has 0 aliphatic carbocycles. The molecule has 7 heteroatoms. The van der Waals surface area contributed by atoms with Crippen molar-refractivity contribution in [1.82, 2.24) is 0 Å². The maximum Gasteiger partial charge on any atom is 0.238 e. The molecule has 0 saturated heterocycles. The fourth-order valence-corrected chi connectivity index (χ4v) is 4.63. The normalized spacial score (nSPS) is 18.1. The van der Waals surface area contributed by atoms with Gasteiger partial charge in [-0.1, -0.05) is 30.3 Å². The number of rotatable bonds is 7. The van der Waals surface area contributed by atoms with E-state index >= 15 is 0 Å². The molecule has 3 aromatic rings. The van der Waals surface area contributed by atoms with Crippen LogP contribution in [0, 0.1) is 11.3 Å². The van der Waals surface area contributed by atoms with Gasteiger partial charge in [0, 0.05) is 45.7 Å². The van der Waals surface area contributed by atoms with Gasteiger partial charge in [-0.15, -0.1) is 5.10 Å². The van der Waals surface area contributed by atoms with Gasteiger partial charge in [-0.3, -0.25) is 0 Å². The van der Waals surface area contributed by atoms with Crippen LogP contribution in [0.4, 0.5) is 5.69 Å². The molecule has 36 heavy (non-hydrogen) atoms. The predicted octanol–water partition coefficient (Wildman–Crippen LogP) is 5.78. The molecule has 0 fully saturated rings. The third kappa shape index (κ3) is 5.35. The summed E-state index contributed by atoms with van der Waals surface area (Å²) < 4.78 is 5.54. The van der Waals surface area contributed by atoms with E-state index in [0.29, 0.717) is 11.1 Å². The van der Waals surface area contributed by atoms with Crippen molar-refractivity contribution in [3.63, 3.8) is 0 Å². The summed E-state index contributed by atoms with van der Waals surface area (Å²) in [6.45, 7) is 5.11. The van der Waals surface area contributed by atoms with E-state index in [9.17, 15) is 5.11 Å². The number of nitriles is 1. The number of benzene rings is 3. The van der Waals surface area contributed by atoms with Crippen LogP contribution in [0.1, 0.15) is 36.1 Å². The van der Waals surface area contributed by atoms with Crippen LogP contribution in [0.25, 0.3) is 0 Å². The van der Waals surface area contributed by atoms with Crippen LogP contribution in [-0.4, -0.2) is 30.9 Å². The first-order valence-corrected chi connectivity index (χ1v) is 11.5. The second-order valence-electron chi connectivity index (χ2n) is 8.55. The predicted molar refractivity (Wildman–Crippen MR) is 140 cm³/mol. The molecule has 0 spiro atoms. The molecule has 185 valence electrons. The molecule has 0 amide bonds. The molecule has 1 unspecified atom stereocenters. The van der Waals surface area contributed by atoms with Gasteiger partial charge in [0.15, 0.2) is 0 Å². The molecule has 1 heterocycles. The van der Waals surface area contributed by atoms with Gasteiger partial charge >= 0.3 is 0 Å². The van der Waals surface area contributed by atoms with E-state index in [1.54, 1.807) is 25.5 Å². The summed E-state index contributed by atoms with van der Waals surface area (Å²) in [6.07, 6.45) is 4.31. The Labute approximate surface area is 222 Å². The number of aliphatic hydroxyl groups excluding tert-OH is 1. The van der Waals surface area contributed by atoms with Crippen molar-refractivity contribution in [1.29, 1.82) is 5.26 Å². The molecular weight excluding hydrogens is 495 g/mol. The minimum Gasteiger partial charge on any atom is -0.497 e. The average Bonchev–Trinajstić information content (AvgIpc) is 3.13. The minimum absolute atomic E-state index is 0. The number of anilines is 1. The van der Waals surface area contributed by atoms with Gasteiger partial charge in [0.2, 0.25) is 5.90 Å². The molecule has 1 radical (unpaired) electrons. The maximum atomic E-state index is 10.2. The number of ether oxygens (including phenoxy) is 1. The molecule has 3 aromatic carbocycles. The molecule has 4 rings (SSSR count). The number of hydrogen-bond acceptors (Lipinski definition) is 5. The topological polar surface area (TPSA) is 81.2 Å². The van der Waals surface area contributed by atoms with E-state index in [1.807, 2.05) is 54.6 Å². The monoisotopic (exact) mass is 523 g/mol. The maximum absolute atomic E-state index is 10.2. The molecule has 1 aliphatic heterocycles. The largest absolute Gasteiger partial charge is 0.497 e. The molecule has 0 aromatic heterocycles. The van der Waals surface area contributed by atoms with Crippen molar-refractivity contribution < 1.29 is 26.6 Å². The first-order valence-electron chi connectivity index (χ1n) is 11.5. The zero-order chi connectivity index (χ0) is 24.8. The Morgan fingerprint density at radius 2 is 1.83 bits per heavy atom. The van der Waals surface area contributed by atoms with E-state index in [1.165, 1.54) is 5.56 Å². The van der Waals surface area contributed by atoms with Gasteiger partial charge in [0.25, 0.3) is 0 Å². The Balaban J connectivity index is 0.00000361. The number of aliphatic hydroxyl groups is 1. The zero-order valence-corrected chi connectivity index (χ0v) is 21.5. The second kappa shape index (κ2) is 11.7. The van der Waals surface area contributed by atoms with Crippen LogP contribution < -0.4 is 9.64 Å². The number of allylic oxidation sites excluding steroid dienone is 2. The van der Waals surface area contributed by atoms with Crippen molar-refractivity contribution in [2.75, 3.05) is 18.6 Å². The summed E-state index contributed by atoms with van der Waals surface area (Å²) in [5, 5.41) is 27.5. The van der Waals surface area contributed by atoms with Gasteiger partial charge in [0.1, 0.15) is 5.75 Å². The molecule has 1 atom stereocenters. The van der Waals surface area contributed by atoms with Crippen molar-refractivity contribution in [3.8, 4) is 11.8 Å². The Bertz CT molecular complexity index is 1330. The van der Waals surface area contributed by atoms with E-state index in [-0.39, 0.29) is 28.1 Å². The Morgan fingerprint density at radius 3 is 2.47 bits per heavy atom. The van der Waals surface area contributed by atoms with Crippen LogP contribution in [0.2, 0.25) is 0 Å². The third-order valence-corrected chi connectivity index (χ3v) is 6.39. The Hall–Kier alpha value is -3.86. The number of likely N-dealkylation sites (N-methyl/N-ethyl adjacent to an activating group) is 1. The van der Waals surface area contributed by atoms with Crippen molar-refractivity contribution >= 4 is 17.8 Å². The molecular formula is C29H28CoN4O2. The van der Waals surface area contributed by atoms with Crippen LogP contribution in [0.15, 0.2) is 94.8 Å². The van der Waals surface area contributed by atoms with Crippen LogP contribution in [0.5, 0.6) is 5.75 Å². The zero-order valence-electron chi connectivity index (χ0n) is 20.5. The third-order valence-electron chi connectivity index (χ3n) is 6.39. The van der Waals surface area contributed by atoms with Crippen molar-refractivity contribution in [2.45, 2.75) is 25.7 Å². The van der Waals surface area contributed by atoms with Gasteiger partial charge in [-0.05, 0) is 79.9 Å². The summed E-state index contributed by atoms with van der Waals surface area (Å²) in [5.41, 5.74) is 5.37. The van der Waals surface area contributed by atoms with E-state index in [4.69, 9.17) is 10.00 Å². The summed E-state index contributed by atoms with van der Waals surface area (Å²) in [4.78, 5) is 2.27. The number of nitrogens with zero attached hydrogens (tertiary/aromatic N) is 4. The quantitative estimate of drug-likeness (QED) is 0.242. The minimum atomic E-state index is -0.370. The first-order chi connectivity index (χ1) is 17.0. The molecule has 0 bridgehead atoms. The molecule has 1 aliphatic rings. The Kier molecular flexibility index (Phi) is 8.70. The van der Waals surface area contributed by atoms with Crippen LogP contribution in [-0.2, 0) is 28.6 Å². The smallest absolute Gasteiger partial charge is 0.238 e. The van der Waals surface area contributed by atoms with Gasteiger partial charge < -0.3 is 14.7 Å². The van der Waals surface area contributed by atoms with Gasteiger partial charge in [0.05, 0.1) is 25.0 Å². The molecule has 6 nitrogen and oxygen atoms in total. The fourth-order valence-electron chi connectivity index (χ4n) is 4.63. The average molecular weight is 524 g/mol. The first kappa shape index (κ1) is 26.7. The standard InChI is InChI=1S/C29H28N4O2.Co/c1-4-33-26-15-14-24(35-3)18-25(26)29(2,19-21-10-12-22(20-30)13-11-21)27(33)16-17-31-32-28(34)23-8-6-5-7-9-23;/h5-18H,4,19H2,1-3H3,(H,32,34);/b27-16-,31-17+;. The Morgan fingerprint density at radius 1 is 1.11 bits per heavy atom. The number of fused-ring (bicyclic) bond motifs is 1. The van der Waals surface area contributed by atoms with E-state index in [2.05, 4.69) is 47.2 Å². The van der Waals surface area contributed by atoms with E-state index < -0.39 is 0 Å². The van der Waals surface area contributed by atoms with Gasteiger partial charge in [-0.25, -0.2) is 0 Å². The number of hydrogen-bond donors (Lipinski definition) is 1. The SMILES string of the molecule is CCN1\C(=C/C=N/N=C(\O)c2ccccc2)C(C)(Cc2ccc(C#N)cc2)c2cc(OC)ccc21.[Co]. The van der Waals surface area contributed by atoms with Crippen molar-refractivity contribution in [2.24, 2.45) is 10.2 Å². The van der Waals surface area contributed by atoms with E-state index in [0.717, 1.165) is 35.7 Å². The molecule has 1 N–H and O–H groups in total. The van der Waals surface area contributed by atoms with Crippen LogP contribution in [0.3, 0.4) is 0 Å².